The quantitative estimate of drug-likeness (QED) is 0.620. The lowest BCUT2D eigenvalue weighted by Gasteiger charge is -2.15. The SMILES string of the molecule is CC(c1nnn[nH]1)N(C)C. The lowest BCUT2D eigenvalue weighted by molar-refractivity contribution is 0.308. The van der Waals surface area contributed by atoms with Crippen LogP contribution in [0.15, 0.2) is 0 Å². The maximum Gasteiger partial charge on any atom is 0.165 e. The van der Waals surface area contributed by atoms with Gasteiger partial charge in [-0.3, -0.25) is 4.90 Å². The fraction of sp³-hybridized carbons (Fsp3) is 0.800. The Morgan fingerprint density at radius 2 is 2.20 bits per heavy atom. The number of hydrogen-bond acceptors (Lipinski definition) is 4. The van der Waals surface area contributed by atoms with Crippen molar-refractivity contribution in [1.29, 1.82) is 0 Å². The molecule has 0 bridgehead atoms. The minimum Gasteiger partial charge on any atom is -0.300 e. The normalized spacial score (nSPS) is 14.0. The van der Waals surface area contributed by atoms with Crippen molar-refractivity contribution in [2.75, 3.05) is 14.1 Å². The first-order valence-electron chi connectivity index (χ1n) is 3.12. The van der Waals surface area contributed by atoms with Gasteiger partial charge in [-0.1, -0.05) is 0 Å². The van der Waals surface area contributed by atoms with Crippen molar-refractivity contribution >= 4 is 0 Å². The van der Waals surface area contributed by atoms with E-state index in [1.165, 1.54) is 0 Å². The van der Waals surface area contributed by atoms with Gasteiger partial charge in [0.05, 0.1) is 6.04 Å². The molecular weight excluding hydrogens is 130 g/mol. The molecule has 0 saturated heterocycles. The standard InChI is InChI=1S/C5H11N5/c1-4(10(2)3)5-6-8-9-7-5/h4H,1-3H3,(H,6,7,8,9). The summed E-state index contributed by atoms with van der Waals surface area (Å²) in [7, 11) is 3.96. The lowest BCUT2D eigenvalue weighted by Crippen LogP contribution is -2.17. The topological polar surface area (TPSA) is 57.7 Å². The van der Waals surface area contributed by atoms with Crippen molar-refractivity contribution in [3.05, 3.63) is 5.82 Å². The largest absolute Gasteiger partial charge is 0.300 e. The second-order valence-corrected chi connectivity index (χ2v) is 2.43. The molecule has 0 aromatic carbocycles. The summed E-state index contributed by atoms with van der Waals surface area (Å²) in [4.78, 5) is 2.03. The van der Waals surface area contributed by atoms with E-state index in [0.29, 0.717) is 0 Å². The van der Waals surface area contributed by atoms with Gasteiger partial charge in [0.1, 0.15) is 0 Å². The zero-order valence-electron chi connectivity index (χ0n) is 6.37. The second-order valence-electron chi connectivity index (χ2n) is 2.43. The maximum absolute atomic E-state index is 3.78. The average Bonchev–Trinajstić information content (AvgIpc) is 2.36. The van der Waals surface area contributed by atoms with Crippen LogP contribution >= 0.6 is 0 Å². The van der Waals surface area contributed by atoms with E-state index in [2.05, 4.69) is 20.6 Å². The Bertz CT molecular complexity index is 180. The van der Waals surface area contributed by atoms with Crippen LogP contribution in [0, 0.1) is 0 Å². The molecular formula is C5H11N5. The molecule has 5 nitrogen and oxygen atoms in total. The van der Waals surface area contributed by atoms with Crippen molar-refractivity contribution in [3.8, 4) is 0 Å². The first-order chi connectivity index (χ1) is 4.72. The molecule has 1 heterocycles. The predicted octanol–water partition coefficient (Wildman–Crippen LogP) is -0.178. The number of H-pyrrole nitrogens is 1. The number of nitrogens with zero attached hydrogens (tertiary/aromatic N) is 4. The van der Waals surface area contributed by atoms with Crippen LogP contribution in [0.5, 0.6) is 0 Å². The molecule has 5 heteroatoms. The zero-order chi connectivity index (χ0) is 7.56. The number of nitrogens with one attached hydrogen (secondary N) is 1. The molecule has 0 spiro atoms. The average molecular weight is 141 g/mol. The van der Waals surface area contributed by atoms with Crippen LogP contribution < -0.4 is 0 Å². The van der Waals surface area contributed by atoms with Crippen LogP contribution in [-0.4, -0.2) is 39.6 Å². The van der Waals surface area contributed by atoms with Gasteiger partial charge >= 0.3 is 0 Å². The summed E-state index contributed by atoms with van der Waals surface area (Å²) >= 11 is 0. The molecule has 0 aliphatic carbocycles. The highest BCUT2D eigenvalue weighted by Crippen LogP contribution is 2.08. The van der Waals surface area contributed by atoms with Crippen LogP contribution in [0.4, 0.5) is 0 Å². The molecule has 0 amide bonds. The van der Waals surface area contributed by atoms with Crippen molar-refractivity contribution in [3.63, 3.8) is 0 Å². The van der Waals surface area contributed by atoms with Gasteiger partial charge < -0.3 is 0 Å². The summed E-state index contributed by atoms with van der Waals surface area (Å²) in [6.45, 7) is 2.03. The van der Waals surface area contributed by atoms with Gasteiger partial charge in [-0.15, -0.1) is 5.10 Å². The van der Waals surface area contributed by atoms with Crippen LogP contribution in [0.1, 0.15) is 18.8 Å². The van der Waals surface area contributed by atoms with E-state index in [9.17, 15) is 0 Å². The summed E-state index contributed by atoms with van der Waals surface area (Å²) in [6, 6.07) is 0.245. The Morgan fingerprint density at radius 1 is 1.50 bits per heavy atom. The number of hydrogen-bond donors (Lipinski definition) is 1. The van der Waals surface area contributed by atoms with Gasteiger partial charge in [0.15, 0.2) is 5.82 Å². The highest BCUT2D eigenvalue weighted by Gasteiger charge is 2.09. The van der Waals surface area contributed by atoms with E-state index < -0.39 is 0 Å². The fourth-order valence-corrected chi connectivity index (χ4v) is 0.588. The predicted molar refractivity (Wildman–Crippen MR) is 36.3 cm³/mol. The van der Waals surface area contributed by atoms with E-state index in [4.69, 9.17) is 0 Å². The molecule has 1 aromatic heterocycles. The highest BCUT2D eigenvalue weighted by molar-refractivity contribution is 4.84. The Morgan fingerprint density at radius 3 is 2.60 bits per heavy atom. The minimum absolute atomic E-state index is 0.245. The molecule has 0 fully saturated rings. The van der Waals surface area contributed by atoms with Gasteiger partial charge in [-0.2, -0.15) is 0 Å². The Hall–Kier alpha value is -0.970. The van der Waals surface area contributed by atoms with Crippen molar-refractivity contribution in [2.24, 2.45) is 0 Å². The zero-order valence-corrected chi connectivity index (χ0v) is 6.37. The number of aromatic amines is 1. The second kappa shape index (κ2) is 2.74. The van der Waals surface area contributed by atoms with E-state index >= 15 is 0 Å². The molecule has 0 radical (unpaired) electrons. The van der Waals surface area contributed by atoms with Gasteiger partial charge in [-0.25, -0.2) is 5.10 Å². The van der Waals surface area contributed by atoms with E-state index in [1.807, 2.05) is 25.9 Å². The molecule has 1 rings (SSSR count). The van der Waals surface area contributed by atoms with E-state index in [-0.39, 0.29) is 6.04 Å². The van der Waals surface area contributed by atoms with Crippen molar-refractivity contribution in [2.45, 2.75) is 13.0 Å². The summed E-state index contributed by atoms with van der Waals surface area (Å²) in [5, 5.41) is 13.4. The molecule has 1 N–H and O–H groups in total. The number of rotatable bonds is 2. The molecule has 10 heavy (non-hydrogen) atoms. The third-order valence-corrected chi connectivity index (χ3v) is 1.53. The molecule has 0 aliphatic rings. The fourth-order valence-electron chi connectivity index (χ4n) is 0.588. The summed E-state index contributed by atoms with van der Waals surface area (Å²) in [6.07, 6.45) is 0. The maximum atomic E-state index is 3.78. The number of tetrazole rings is 1. The molecule has 0 saturated carbocycles. The smallest absolute Gasteiger partial charge is 0.165 e. The third-order valence-electron chi connectivity index (χ3n) is 1.53. The minimum atomic E-state index is 0.245. The van der Waals surface area contributed by atoms with Gasteiger partial charge in [-0.05, 0) is 31.4 Å². The van der Waals surface area contributed by atoms with Crippen LogP contribution in [0.25, 0.3) is 0 Å². The summed E-state index contributed by atoms with van der Waals surface area (Å²) in [5.41, 5.74) is 0. The molecule has 1 aromatic rings. The lowest BCUT2D eigenvalue weighted by atomic mass is 10.3. The van der Waals surface area contributed by atoms with Crippen LogP contribution in [0.2, 0.25) is 0 Å². The number of aromatic nitrogens is 4. The molecule has 0 aliphatic heterocycles. The van der Waals surface area contributed by atoms with Crippen molar-refractivity contribution < 1.29 is 0 Å². The van der Waals surface area contributed by atoms with Crippen LogP contribution in [0.3, 0.4) is 0 Å². The van der Waals surface area contributed by atoms with Crippen LogP contribution in [-0.2, 0) is 0 Å². The van der Waals surface area contributed by atoms with E-state index in [1.54, 1.807) is 0 Å². The Kier molecular flexibility index (Phi) is 1.96. The monoisotopic (exact) mass is 141 g/mol. The highest BCUT2D eigenvalue weighted by atomic mass is 15.5. The Balaban J connectivity index is 2.68. The summed E-state index contributed by atoms with van der Waals surface area (Å²) < 4.78 is 0. The molecule has 1 atom stereocenters. The summed E-state index contributed by atoms with van der Waals surface area (Å²) in [5.74, 6) is 0.796. The Labute approximate surface area is 59.4 Å². The van der Waals surface area contributed by atoms with E-state index in [0.717, 1.165) is 5.82 Å². The first kappa shape index (κ1) is 7.14. The van der Waals surface area contributed by atoms with Crippen molar-refractivity contribution in [1.82, 2.24) is 25.5 Å². The van der Waals surface area contributed by atoms with Gasteiger partial charge in [0, 0.05) is 0 Å². The molecule has 56 valence electrons. The molecule has 1 unspecified atom stereocenters. The third kappa shape index (κ3) is 1.30. The van der Waals surface area contributed by atoms with Gasteiger partial charge in [0.2, 0.25) is 0 Å². The van der Waals surface area contributed by atoms with Gasteiger partial charge in [0.25, 0.3) is 0 Å². The first-order valence-corrected chi connectivity index (χ1v) is 3.12.